The molecule has 3 rings (SSSR count). The van der Waals surface area contributed by atoms with Crippen molar-refractivity contribution in [3.8, 4) is 0 Å². The lowest BCUT2D eigenvalue weighted by atomic mass is 10.2. The van der Waals surface area contributed by atoms with Crippen LogP contribution < -0.4 is 5.73 Å². The summed E-state index contributed by atoms with van der Waals surface area (Å²) in [7, 11) is 0. The number of benzene rings is 1. The van der Waals surface area contributed by atoms with Crippen molar-refractivity contribution >= 4 is 21.4 Å². The summed E-state index contributed by atoms with van der Waals surface area (Å²) in [6, 6.07) is 10.4. The Morgan fingerprint density at radius 1 is 1.24 bits per heavy atom. The Morgan fingerprint density at radius 2 is 2.12 bits per heavy atom. The first-order valence-corrected chi connectivity index (χ1v) is 6.42. The third-order valence-corrected chi connectivity index (χ3v) is 3.81. The first-order chi connectivity index (χ1) is 8.36. The largest absolute Gasteiger partial charge is 0.325 e. The molecule has 0 aliphatic heterocycles. The van der Waals surface area contributed by atoms with Gasteiger partial charge in [0.1, 0.15) is 0 Å². The van der Waals surface area contributed by atoms with Gasteiger partial charge in [-0.25, -0.2) is 0 Å². The van der Waals surface area contributed by atoms with Crippen LogP contribution in [0.25, 0.3) is 10.1 Å². The van der Waals surface area contributed by atoms with E-state index in [2.05, 4.69) is 34.7 Å². The molecule has 2 heterocycles. The summed E-state index contributed by atoms with van der Waals surface area (Å²) in [5.74, 6) is 0. The number of aromatic nitrogens is 2. The summed E-state index contributed by atoms with van der Waals surface area (Å²) in [5, 5.41) is 7.93. The third-order valence-electron chi connectivity index (χ3n) is 2.80. The maximum absolute atomic E-state index is 5.55. The maximum Gasteiger partial charge on any atom is 0.0760 e. The lowest BCUT2D eigenvalue weighted by molar-refractivity contribution is 0.676. The van der Waals surface area contributed by atoms with E-state index < -0.39 is 0 Å². The number of hydrogen-bond donors (Lipinski definition) is 1. The van der Waals surface area contributed by atoms with Crippen LogP contribution in [0, 0.1) is 0 Å². The van der Waals surface area contributed by atoms with E-state index in [0.717, 1.165) is 12.2 Å². The van der Waals surface area contributed by atoms with Crippen molar-refractivity contribution in [2.24, 2.45) is 5.73 Å². The monoisotopic (exact) mass is 243 g/mol. The molecule has 0 amide bonds. The average Bonchev–Trinajstić information content (AvgIpc) is 2.97. The molecule has 17 heavy (non-hydrogen) atoms. The van der Waals surface area contributed by atoms with E-state index in [1.54, 1.807) is 11.3 Å². The predicted molar refractivity (Wildman–Crippen MR) is 71.0 cm³/mol. The highest BCUT2D eigenvalue weighted by molar-refractivity contribution is 7.17. The van der Waals surface area contributed by atoms with Gasteiger partial charge in [0, 0.05) is 17.4 Å². The van der Waals surface area contributed by atoms with Crippen molar-refractivity contribution in [2.75, 3.05) is 0 Å². The number of nitrogens with two attached hydrogens (primary N) is 1. The Bertz CT molecular complexity index is 639. The average molecular weight is 243 g/mol. The van der Waals surface area contributed by atoms with Crippen LogP contribution in [0.15, 0.2) is 41.9 Å². The van der Waals surface area contributed by atoms with Crippen molar-refractivity contribution in [2.45, 2.75) is 13.1 Å². The fourth-order valence-corrected chi connectivity index (χ4v) is 2.88. The number of hydrogen-bond acceptors (Lipinski definition) is 3. The smallest absolute Gasteiger partial charge is 0.0760 e. The van der Waals surface area contributed by atoms with Crippen LogP contribution in [0.4, 0.5) is 0 Å². The van der Waals surface area contributed by atoms with Gasteiger partial charge in [-0.3, -0.25) is 4.68 Å². The highest BCUT2D eigenvalue weighted by Gasteiger charge is 2.04. The van der Waals surface area contributed by atoms with E-state index in [9.17, 15) is 0 Å². The van der Waals surface area contributed by atoms with Crippen LogP contribution in [0.1, 0.15) is 11.3 Å². The minimum absolute atomic E-state index is 0.497. The van der Waals surface area contributed by atoms with Gasteiger partial charge in [0.25, 0.3) is 0 Å². The Morgan fingerprint density at radius 3 is 2.94 bits per heavy atom. The van der Waals surface area contributed by atoms with E-state index in [1.165, 1.54) is 15.6 Å². The Labute approximate surface area is 103 Å². The molecule has 0 radical (unpaired) electrons. The molecule has 3 aromatic rings. The van der Waals surface area contributed by atoms with E-state index in [4.69, 9.17) is 5.73 Å². The fraction of sp³-hybridized carbons (Fsp3) is 0.154. The van der Waals surface area contributed by atoms with Crippen LogP contribution in [0.2, 0.25) is 0 Å². The van der Waals surface area contributed by atoms with Crippen LogP contribution >= 0.6 is 11.3 Å². The van der Waals surface area contributed by atoms with Crippen molar-refractivity contribution in [3.05, 3.63) is 53.2 Å². The van der Waals surface area contributed by atoms with Gasteiger partial charge in [-0.2, -0.15) is 5.10 Å². The normalized spacial score (nSPS) is 11.1. The molecule has 0 spiro atoms. The van der Waals surface area contributed by atoms with Gasteiger partial charge in [0.2, 0.25) is 0 Å². The van der Waals surface area contributed by atoms with E-state index in [1.807, 2.05) is 16.9 Å². The SMILES string of the molecule is NCc1ccn(Cc2csc3ccccc23)n1. The third kappa shape index (κ3) is 1.97. The summed E-state index contributed by atoms with van der Waals surface area (Å²) >= 11 is 1.78. The first kappa shape index (κ1) is 10.5. The standard InChI is InChI=1S/C13H13N3S/c14-7-11-5-6-16(15-11)8-10-9-17-13-4-2-1-3-12(10)13/h1-6,9H,7-8,14H2. The zero-order chi connectivity index (χ0) is 11.7. The van der Waals surface area contributed by atoms with Crippen molar-refractivity contribution < 1.29 is 0 Å². The minimum Gasteiger partial charge on any atom is -0.325 e. The quantitative estimate of drug-likeness (QED) is 0.768. The second-order valence-corrected chi connectivity index (χ2v) is 4.88. The zero-order valence-corrected chi connectivity index (χ0v) is 10.2. The van der Waals surface area contributed by atoms with Gasteiger partial charge in [0.05, 0.1) is 12.2 Å². The number of fused-ring (bicyclic) bond motifs is 1. The molecule has 0 saturated heterocycles. The molecular formula is C13H13N3S. The molecule has 2 N–H and O–H groups in total. The molecule has 4 heteroatoms. The van der Waals surface area contributed by atoms with Crippen LogP contribution in [0.3, 0.4) is 0 Å². The molecule has 2 aromatic heterocycles. The maximum atomic E-state index is 5.55. The number of thiophene rings is 1. The van der Waals surface area contributed by atoms with Gasteiger partial charge < -0.3 is 5.73 Å². The topological polar surface area (TPSA) is 43.8 Å². The van der Waals surface area contributed by atoms with E-state index >= 15 is 0 Å². The van der Waals surface area contributed by atoms with E-state index in [-0.39, 0.29) is 0 Å². The summed E-state index contributed by atoms with van der Waals surface area (Å²) in [6.45, 7) is 1.31. The molecule has 0 fully saturated rings. The highest BCUT2D eigenvalue weighted by atomic mass is 32.1. The van der Waals surface area contributed by atoms with Gasteiger partial charge >= 0.3 is 0 Å². The predicted octanol–water partition coefficient (Wildman–Crippen LogP) is 2.60. The number of nitrogens with zero attached hydrogens (tertiary/aromatic N) is 2. The molecule has 0 saturated carbocycles. The lowest BCUT2D eigenvalue weighted by Gasteiger charge is -2.00. The highest BCUT2D eigenvalue weighted by Crippen LogP contribution is 2.26. The molecule has 86 valence electrons. The van der Waals surface area contributed by atoms with Gasteiger partial charge in [-0.15, -0.1) is 11.3 Å². The molecular weight excluding hydrogens is 230 g/mol. The fourth-order valence-electron chi connectivity index (χ4n) is 1.93. The van der Waals surface area contributed by atoms with Crippen LogP contribution in [0.5, 0.6) is 0 Å². The van der Waals surface area contributed by atoms with Crippen molar-refractivity contribution in [3.63, 3.8) is 0 Å². The summed E-state index contributed by atoms with van der Waals surface area (Å²) in [5.41, 5.74) is 7.80. The Kier molecular flexibility index (Phi) is 2.66. The van der Waals surface area contributed by atoms with Crippen molar-refractivity contribution in [1.82, 2.24) is 9.78 Å². The zero-order valence-electron chi connectivity index (χ0n) is 9.34. The second kappa shape index (κ2) is 4.31. The van der Waals surface area contributed by atoms with Crippen LogP contribution in [-0.2, 0) is 13.1 Å². The second-order valence-electron chi connectivity index (χ2n) is 3.97. The molecule has 0 bridgehead atoms. The molecule has 0 aliphatic carbocycles. The summed E-state index contributed by atoms with van der Waals surface area (Å²) in [6.07, 6.45) is 1.98. The van der Waals surface area contributed by atoms with Gasteiger partial charge in [-0.05, 0) is 28.5 Å². The van der Waals surface area contributed by atoms with Crippen molar-refractivity contribution in [1.29, 1.82) is 0 Å². The Balaban J connectivity index is 1.94. The molecule has 0 atom stereocenters. The molecule has 3 nitrogen and oxygen atoms in total. The summed E-state index contributed by atoms with van der Waals surface area (Å²) < 4.78 is 3.27. The molecule has 1 aromatic carbocycles. The minimum atomic E-state index is 0.497. The molecule has 0 unspecified atom stereocenters. The molecule has 0 aliphatic rings. The summed E-state index contributed by atoms with van der Waals surface area (Å²) in [4.78, 5) is 0. The first-order valence-electron chi connectivity index (χ1n) is 5.54. The van der Waals surface area contributed by atoms with Gasteiger partial charge in [0.15, 0.2) is 0 Å². The number of rotatable bonds is 3. The van der Waals surface area contributed by atoms with E-state index in [0.29, 0.717) is 6.54 Å². The van der Waals surface area contributed by atoms with Crippen LogP contribution in [-0.4, -0.2) is 9.78 Å². The Hall–Kier alpha value is -1.65. The van der Waals surface area contributed by atoms with Gasteiger partial charge in [-0.1, -0.05) is 18.2 Å². The lowest BCUT2D eigenvalue weighted by Crippen LogP contribution is -2.02.